The molecule has 1 aromatic carbocycles. The molecule has 0 aliphatic carbocycles. The summed E-state index contributed by atoms with van der Waals surface area (Å²) in [5.74, 6) is -3.93. The van der Waals surface area contributed by atoms with Gasteiger partial charge in [0.2, 0.25) is 11.8 Å². The van der Waals surface area contributed by atoms with Crippen molar-refractivity contribution in [3.05, 3.63) is 29.3 Å². The first-order valence-electron chi connectivity index (χ1n) is 6.03. The van der Waals surface area contributed by atoms with Crippen LogP contribution in [0.15, 0.2) is 12.1 Å². The van der Waals surface area contributed by atoms with E-state index in [1.807, 2.05) is 0 Å². The maximum Gasteiger partial charge on any atom is 0.234 e. The molecule has 0 radical (unpaired) electrons. The molecule has 1 atom stereocenters. The van der Waals surface area contributed by atoms with Gasteiger partial charge in [-0.2, -0.15) is 0 Å². The summed E-state index contributed by atoms with van der Waals surface area (Å²) in [6, 6.07) is 2.04. The normalized spacial score (nSPS) is 18.6. The molecule has 1 fully saturated rings. The van der Waals surface area contributed by atoms with Crippen LogP contribution < -0.4 is 10.6 Å². The fourth-order valence-electron chi connectivity index (χ4n) is 2.15. The van der Waals surface area contributed by atoms with Crippen LogP contribution in [0.25, 0.3) is 0 Å². The van der Waals surface area contributed by atoms with E-state index >= 15 is 0 Å². The Morgan fingerprint density at radius 3 is 2.50 bits per heavy atom. The van der Waals surface area contributed by atoms with Gasteiger partial charge in [0.15, 0.2) is 0 Å². The Balaban J connectivity index is 2.30. The molecular weight excluding hydrogens is 270 g/mol. The SMILES string of the molecule is O=CCNc1cc(F)c(C2CCC(=O)NC2=O)c(F)c1. The molecule has 0 aromatic heterocycles. The van der Waals surface area contributed by atoms with Crippen molar-refractivity contribution in [1.29, 1.82) is 0 Å². The Hall–Kier alpha value is -2.31. The Kier molecular flexibility index (Phi) is 4.07. The van der Waals surface area contributed by atoms with E-state index in [2.05, 4.69) is 10.6 Å². The van der Waals surface area contributed by atoms with Crippen molar-refractivity contribution in [2.24, 2.45) is 0 Å². The second-order valence-electron chi connectivity index (χ2n) is 4.40. The lowest BCUT2D eigenvalue weighted by Gasteiger charge is -2.22. The Morgan fingerprint density at radius 2 is 1.95 bits per heavy atom. The molecule has 1 aliphatic heterocycles. The minimum absolute atomic E-state index is 0.0421. The van der Waals surface area contributed by atoms with Crippen LogP contribution in [0.2, 0.25) is 0 Å². The fourth-order valence-corrected chi connectivity index (χ4v) is 2.15. The lowest BCUT2D eigenvalue weighted by molar-refractivity contribution is -0.134. The van der Waals surface area contributed by atoms with E-state index < -0.39 is 29.4 Å². The number of carbonyl (C=O) groups excluding carboxylic acids is 3. The van der Waals surface area contributed by atoms with Gasteiger partial charge in [-0.15, -0.1) is 0 Å². The third kappa shape index (κ3) is 2.81. The third-order valence-electron chi connectivity index (χ3n) is 3.06. The second-order valence-corrected chi connectivity index (χ2v) is 4.40. The summed E-state index contributed by atoms with van der Waals surface area (Å²) in [5.41, 5.74) is -0.241. The maximum absolute atomic E-state index is 14.0. The number of imide groups is 1. The van der Waals surface area contributed by atoms with Crippen LogP contribution in [-0.4, -0.2) is 24.6 Å². The van der Waals surface area contributed by atoms with Gasteiger partial charge in [-0.25, -0.2) is 8.78 Å². The zero-order chi connectivity index (χ0) is 14.7. The predicted octanol–water partition coefficient (Wildman–Crippen LogP) is 1.10. The number of nitrogens with one attached hydrogen (secondary N) is 2. The molecule has 1 saturated heterocycles. The summed E-state index contributed by atoms with van der Waals surface area (Å²) in [6.45, 7) is -0.0728. The van der Waals surface area contributed by atoms with Gasteiger partial charge in [0.05, 0.1) is 12.5 Å². The number of carbonyl (C=O) groups is 3. The summed E-state index contributed by atoms with van der Waals surface area (Å²) in [4.78, 5) is 32.9. The molecule has 2 rings (SSSR count). The summed E-state index contributed by atoms with van der Waals surface area (Å²) in [6.07, 6.45) is 0.671. The quantitative estimate of drug-likeness (QED) is 0.640. The molecule has 20 heavy (non-hydrogen) atoms. The van der Waals surface area contributed by atoms with Crippen molar-refractivity contribution >= 4 is 23.8 Å². The number of benzene rings is 1. The van der Waals surface area contributed by atoms with Gasteiger partial charge < -0.3 is 10.1 Å². The van der Waals surface area contributed by atoms with Crippen molar-refractivity contribution in [3.8, 4) is 0 Å². The number of amides is 2. The van der Waals surface area contributed by atoms with Gasteiger partial charge >= 0.3 is 0 Å². The second kappa shape index (κ2) is 5.77. The summed E-state index contributed by atoms with van der Waals surface area (Å²) >= 11 is 0. The zero-order valence-electron chi connectivity index (χ0n) is 10.4. The number of anilines is 1. The van der Waals surface area contributed by atoms with E-state index in [1.165, 1.54) is 0 Å². The molecule has 2 N–H and O–H groups in total. The highest BCUT2D eigenvalue weighted by atomic mass is 19.1. The first kappa shape index (κ1) is 14.1. The number of hydrogen-bond acceptors (Lipinski definition) is 4. The van der Waals surface area contributed by atoms with Gasteiger partial charge in [-0.3, -0.25) is 14.9 Å². The average Bonchev–Trinajstić information content (AvgIpc) is 2.38. The van der Waals surface area contributed by atoms with E-state index in [0.717, 1.165) is 12.1 Å². The molecule has 1 unspecified atom stereocenters. The molecule has 1 heterocycles. The van der Waals surface area contributed by atoms with Gasteiger partial charge in [0.25, 0.3) is 0 Å². The molecule has 2 amide bonds. The number of halogens is 2. The molecule has 0 saturated carbocycles. The molecule has 7 heteroatoms. The lowest BCUT2D eigenvalue weighted by atomic mass is 9.89. The minimum atomic E-state index is -1.02. The topological polar surface area (TPSA) is 75.3 Å². The van der Waals surface area contributed by atoms with Crippen LogP contribution in [0.3, 0.4) is 0 Å². The first-order valence-corrected chi connectivity index (χ1v) is 6.03. The lowest BCUT2D eigenvalue weighted by Crippen LogP contribution is -2.40. The monoisotopic (exact) mass is 282 g/mol. The third-order valence-corrected chi connectivity index (χ3v) is 3.06. The zero-order valence-corrected chi connectivity index (χ0v) is 10.4. The number of piperidine rings is 1. The minimum Gasteiger partial charge on any atom is -0.378 e. The van der Waals surface area contributed by atoms with Gasteiger partial charge in [0, 0.05) is 17.7 Å². The van der Waals surface area contributed by atoms with Crippen LogP contribution in [-0.2, 0) is 14.4 Å². The first-order chi connectivity index (χ1) is 9.52. The van der Waals surface area contributed by atoms with Crippen LogP contribution in [0.4, 0.5) is 14.5 Å². The molecule has 0 bridgehead atoms. The Morgan fingerprint density at radius 1 is 1.30 bits per heavy atom. The highest BCUT2D eigenvalue weighted by Gasteiger charge is 2.32. The van der Waals surface area contributed by atoms with Gasteiger partial charge in [-0.05, 0) is 18.6 Å². The van der Waals surface area contributed by atoms with E-state index in [1.54, 1.807) is 0 Å². The Labute approximate surface area is 113 Å². The highest BCUT2D eigenvalue weighted by molar-refractivity contribution is 6.01. The molecule has 5 nitrogen and oxygen atoms in total. The summed E-state index contributed by atoms with van der Waals surface area (Å²) < 4.78 is 27.9. The molecule has 1 aliphatic rings. The van der Waals surface area contributed by atoms with Crippen LogP contribution in [0.1, 0.15) is 24.3 Å². The summed E-state index contributed by atoms with van der Waals surface area (Å²) in [5, 5.41) is 4.58. The predicted molar refractivity (Wildman–Crippen MR) is 66.0 cm³/mol. The maximum atomic E-state index is 14.0. The van der Waals surface area contributed by atoms with Gasteiger partial charge in [-0.1, -0.05) is 0 Å². The van der Waals surface area contributed by atoms with Crippen molar-refractivity contribution in [2.75, 3.05) is 11.9 Å². The summed E-state index contributed by atoms with van der Waals surface area (Å²) in [7, 11) is 0. The van der Waals surface area contributed by atoms with E-state index in [9.17, 15) is 23.2 Å². The fraction of sp³-hybridized carbons (Fsp3) is 0.308. The van der Waals surface area contributed by atoms with E-state index in [-0.39, 0.29) is 30.6 Å². The largest absolute Gasteiger partial charge is 0.378 e. The van der Waals surface area contributed by atoms with Crippen molar-refractivity contribution in [2.45, 2.75) is 18.8 Å². The van der Waals surface area contributed by atoms with Crippen LogP contribution in [0, 0.1) is 11.6 Å². The average molecular weight is 282 g/mol. The Bertz CT molecular complexity index is 552. The van der Waals surface area contributed by atoms with Gasteiger partial charge in [0.1, 0.15) is 17.9 Å². The number of rotatable bonds is 4. The molecule has 106 valence electrons. The van der Waals surface area contributed by atoms with Crippen LogP contribution in [0.5, 0.6) is 0 Å². The number of aldehydes is 1. The van der Waals surface area contributed by atoms with Crippen molar-refractivity contribution in [3.63, 3.8) is 0 Å². The van der Waals surface area contributed by atoms with Crippen molar-refractivity contribution < 1.29 is 23.2 Å². The smallest absolute Gasteiger partial charge is 0.234 e. The highest BCUT2D eigenvalue weighted by Crippen LogP contribution is 2.31. The van der Waals surface area contributed by atoms with Crippen molar-refractivity contribution in [1.82, 2.24) is 5.32 Å². The van der Waals surface area contributed by atoms with E-state index in [4.69, 9.17) is 0 Å². The van der Waals surface area contributed by atoms with E-state index in [0.29, 0.717) is 6.29 Å². The molecule has 1 aromatic rings. The molecule has 0 spiro atoms. The van der Waals surface area contributed by atoms with Crippen LogP contribution >= 0.6 is 0 Å². The standard InChI is InChI=1S/C13H12F2N2O3/c14-9-5-7(16-3-4-18)6-10(15)12(9)8-1-2-11(19)17-13(8)20/h4-6,8,16H,1-3H2,(H,17,19,20). The number of hydrogen-bond donors (Lipinski definition) is 2. The molecular formula is C13H12F2N2O3.